The van der Waals surface area contributed by atoms with E-state index in [0.29, 0.717) is 30.2 Å². The highest BCUT2D eigenvalue weighted by Gasteiger charge is 2.14. The summed E-state index contributed by atoms with van der Waals surface area (Å²) in [5.41, 5.74) is 1.08. The summed E-state index contributed by atoms with van der Waals surface area (Å²) < 4.78 is 4.93. The third kappa shape index (κ3) is 3.95. The number of allylic oxidation sites excluding steroid dienone is 2. The summed E-state index contributed by atoms with van der Waals surface area (Å²) >= 11 is 0. The third-order valence-corrected chi connectivity index (χ3v) is 3.22. The van der Waals surface area contributed by atoms with E-state index in [4.69, 9.17) is 4.74 Å². The molecule has 106 valence electrons. The average molecular weight is 273 g/mol. The van der Waals surface area contributed by atoms with Gasteiger partial charge >= 0.3 is 5.97 Å². The topological polar surface area (TPSA) is 55.4 Å². The number of amides is 1. The van der Waals surface area contributed by atoms with E-state index in [9.17, 15) is 9.59 Å². The number of carbonyl (C=O) groups is 2. The number of benzene rings is 1. The monoisotopic (exact) mass is 273 g/mol. The minimum absolute atomic E-state index is 0.0254. The molecule has 1 aromatic rings. The first-order valence-corrected chi connectivity index (χ1v) is 6.92. The number of hydrogen-bond acceptors (Lipinski definition) is 3. The van der Waals surface area contributed by atoms with Gasteiger partial charge in [0.05, 0.1) is 12.2 Å². The van der Waals surface area contributed by atoms with Crippen LogP contribution in [-0.4, -0.2) is 18.5 Å². The first kappa shape index (κ1) is 14.3. The molecular formula is C16H19NO3. The van der Waals surface area contributed by atoms with E-state index in [-0.39, 0.29) is 11.9 Å². The number of esters is 1. The van der Waals surface area contributed by atoms with Gasteiger partial charge in [-0.2, -0.15) is 0 Å². The fourth-order valence-corrected chi connectivity index (χ4v) is 2.25. The molecule has 1 N–H and O–H groups in total. The maximum Gasteiger partial charge on any atom is 0.338 e. The van der Waals surface area contributed by atoms with Crippen LogP contribution in [0, 0.1) is 5.92 Å². The average Bonchev–Trinajstić information content (AvgIpc) is 2.92. The summed E-state index contributed by atoms with van der Waals surface area (Å²) in [7, 11) is 0. The Morgan fingerprint density at radius 1 is 1.40 bits per heavy atom. The maximum atomic E-state index is 11.9. The van der Waals surface area contributed by atoms with E-state index in [1.807, 2.05) is 0 Å². The highest BCUT2D eigenvalue weighted by Crippen LogP contribution is 2.21. The van der Waals surface area contributed by atoms with E-state index in [1.54, 1.807) is 31.2 Å². The Morgan fingerprint density at radius 2 is 2.25 bits per heavy atom. The summed E-state index contributed by atoms with van der Waals surface area (Å²) in [4.78, 5) is 23.5. The van der Waals surface area contributed by atoms with Crippen molar-refractivity contribution in [2.24, 2.45) is 5.92 Å². The lowest BCUT2D eigenvalue weighted by Crippen LogP contribution is -2.15. The fourth-order valence-electron chi connectivity index (χ4n) is 2.25. The van der Waals surface area contributed by atoms with Gasteiger partial charge in [0, 0.05) is 12.1 Å². The highest BCUT2D eigenvalue weighted by molar-refractivity contribution is 5.94. The van der Waals surface area contributed by atoms with Crippen LogP contribution in [0.25, 0.3) is 0 Å². The second-order valence-electron chi connectivity index (χ2n) is 4.82. The second kappa shape index (κ2) is 6.89. The van der Waals surface area contributed by atoms with Gasteiger partial charge in [-0.25, -0.2) is 4.79 Å². The van der Waals surface area contributed by atoms with Gasteiger partial charge in [-0.05, 0) is 43.9 Å². The van der Waals surface area contributed by atoms with Crippen LogP contribution in [0.1, 0.15) is 36.5 Å². The van der Waals surface area contributed by atoms with Gasteiger partial charge < -0.3 is 10.1 Å². The zero-order chi connectivity index (χ0) is 14.4. The van der Waals surface area contributed by atoms with Crippen molar-refractivity contribution in [3.8, 4) is 0 Å². The lowest BCUT2D eigenvalue weighted by molar-refractivity contribution is -0.116. The van der Waals surface area contributed by atoms with Crippen molar-refractivity contribution in [1.29, 1.82) is 0 Å². The molecule has 1 amide bonds. The molecule has 20 heavy (non-hydrogen) atoms. The minimum Gasteiger partial charge on any atom is -0.462 e. The molecule has 2 rings (SSSR count). The molecule has 0 aromatic heterocycles. The van der Waals surface area contributed by atoms with Crippen LogP contribution in [0.2, 0.25) is 0 Å². The molecule has 0 spiro atoms. The van der Waals surface area contributed by atoms with Crippen molar-refractivity contribution in [1.82, 2.24) is 0 Å². The minimum atomic E-state index is -0.373. The quantitative estimate of drug-likeness (QED) is 0.662. The normalized spacial score (nSPS) is 16.9. The Hall–Kier alpha value is -2.10. The molecule has 0 heterocycles. The molecule has 0 radical (unpaired) electrons. The summed E-state index contributed by atoms with van der Waals surface area (Å²) in [5.74, 6) is -0.0619. The third-order valence-electron chi connectivity index (χ3n) is 3.22. The Morgan fingerprint density at radius 3 is 2.95 bits per heavy atom. The first-order chi connectivity index (χ1) is 9.69. The highest BCUT2D eigenvalue weighted by atomic mass is 16.5. The Labute approximate surface area is 118 Å². The van der Waals surface area contributed by atoms with Gasteiger partial charge in [-0.3, -0.25) is 4.79 Å². The molecule has 1 aromatic carbocycles. The van der Waals surface area contributed by atoms with Crippen molar-refractivity contribution < 1.29 is 14.3 Å². The van der Waals surface area contributed by atoms with Crippen molar-refractivity contribution in [3.63, 3.8) is 0 Å². The molecule has 0 unspecified atom stereocenters. The van der Waals surface area contributed by atoms with Crippen molar-refractivity contribution in [3.05, 3.63) is 42.0 Å². The van der Waals surface area contributed by atoms with Crippen LogP contribution in [0.5, 0.6) is 0 Å². The predicted molar refractivity (Wildman–Crippen MR) is 77.5 cm³/mol. The molecule has 0 aliphatic heterocycles. The summed E-state index contributed by atoms with van der Waals surface area (Å²) in [6.07, 6.45) is 6.78. The lowest BCUT2D eigenvalue weighted by atomic mass is 10.0. The second-order valence-corrected chi connectivity index (χ2v) is 4.82. The predicted octanol–water partition coefficient (Wildman–Crippen LogP) is 3.16. The molecule has 1 aliphatic carbocycles. The van der Waals surface area contributed by atoms with Gasteiger partial charge in [0.1, 0.15) is 0 Å². The number of nitrogens with one attached hydrogen (secondary N) is 1. The van der Waals surface area contributed by atoms with E-state index < -0.39 is 0 Å². The van der Waals surface area contributed by atoms with E-state index >= 15 is 0 Å². The molecule has 1 atom stereocenters. The SMILES string of the molecule is CCOC(=O)c1cccc(NC(=O)C[C@@H]2C=CCC2)c1. The van der Waals surface area contributed by atoms with Crippen molar-refractivity contribution in [2.45, 2.75) is 26.2 Å². The van der Waals surface area contributed by atoms with Crippen molar-refractivity contribution in [2.75, 3.05) is 11.9 Å². The number of hydrogen-bond donors (Lipinski definition) is 1. The number of carbonyl (C=O) groups excluding carboxylic acids is 2. The molecule has 4 heteroatoms. The van der Waals surface area contributed by atoms with Gasteiger partial charge in [0.2, 0.25) is 5.91 Å². The van der Waals surface area contributed by atoms with Gasteiger partial charge in [0.25, 0.3) is 0 Å². The van der Waals surface area contributed by atoms with Crippen LogP contribution in [0.3, 0.4) is 0 Å². The van der Waals surface area contributed by atoms with E-state index in [2.05, 4.69) is 17.5 Å². The van der Waals surface area contributed by atoms with Gasteiger partial charge in [0.15, 0.2) is 0 Å². The van der Waals surface area contributed by atoms with Crippen LogP contribution in [0.15, 0.2) is 36.4 Å². The van der Waals surface area contributed by atoms with Gasteiger partial charge in [-0.15, -0.1) is 0 Å². The standard InChI is InChI=1S/C16H19NO3/c1-2-20-16(19)13-8-5-9-14(11-13)17-15(18)10-12-6-3-4-7-12/h3,5-6,8-9,11-12H,2,4,7,10H2,1H3,(H,17,18)/t12-/m1/s1. The first-order valence-electron chi connectivity index (χ1n) is 6.92. The molecule has 0 bridgehead atoms. The fraction of sp³-hybridized carbons (Fsp3) is 0.375. The molecule has 4 nitrogen and oxygen atoms in total. The van der Waals surface area contributed by atoms with Crippen LogP contribution < -0.4 is 5.32 Å². The summed E-state index contributed by atoms with van der Waals surface area (Å²) in [6.45, 7) is 2.10. The van der Waals surface area contributed by atoms with Crippen LogP contribution >= 0.6 is 0 Å². The van der Waals surface area contributed by atoms with Crippen LogP contribution in [-0.2, 0) is 9.53 Å². The number of ether oxygens (including phenoxy) is 1. The summed E-state index contributed by atoms with van der Waals surface area (Å²) in [5, 5.41) is 2.83. The molecule has 0 fully saturated rings. The zero-order valence-corrected chi connectivity index (χ0v) is 11.6. The number of rotatable bonds is 5. The van der Waals surface area contributed by atoms with Crippen molar-refractivity contribution >= 4 is 17.6 Å². The smallest absolute Gasteiger partial charge is 0.338 e. The maximum absolute atomic E-state index is 11.9. The largest absolute Gasteiger partial charge is 0.462 e. The van der Waals surface area contributed by atoms with Crippen LogP contribution in [0.4, 0.5) is 5.69 Å². The molecule has 0 saturated carbocycles. The Bertz CT molecular complexity index is 522. The zero-order valence-electron chi connectivity index (χ0n) is 11.6. The number of anilines is 1. The van der Waals surface area contributed by atoms with Gasteiger partial charge in [-0.1, -0.05) is 18.2 Å². The molecular weight excluding hydrogens is 254 g/mol. The van der Waals surface area contributed by atoms with E-state index in [1.165, 1.54) is 0 Å². The Balaban J connectivity index is 1.95. The molecule has 1 aliphatic rings. The Kier molecular flexibility index (Phi) is 4.93. The summed E-state index contributed by atoms with van der Waals surface area (Å²) in [6, 6.07) is 6.82. The van der Waals surface area contributed by atoms with E-state index in [0.717, 1.165) is 12.8 Å². The lowest BCUT2D eigenvalue weighted by Gasteiger charge is -2.09. The molecule has 0 saturated heterocycles.